The lowest BCUT2D eigenvalue weighted by atomic mass is 10.1. The van der Waals surface area contributed by atoms with Crippen molar-refractivity contribution in [2.24, 2.45) is 0 Å². The Labute approximate surface area is 90.4 Å². The number of aromatic carboxylic acids is 1. The van der Waals surface area contributed by atoms with E-state index in [0.29, 0.717) is 5.02 Å². The van der Waals surface area contributed by atoms with Gasteiger partial charge in [0.25, 0.3) is 0 Å². The first-order valence-corrected chi connectivity index (χ1v) is 4.32. The third kappa shape index (κ3) is 3.11. The molecule has 2 N–H and O–H groups in total. The quantitative estimate of drug-likeness (QED) is 0.775. The Morgan fingerprint density at radius 1 is 1.27 bits per heavy atom. The fourth-order valence-electron chi connectivity index (χ4n) is 1.03. The van der Waals surface area contributed by atoms with Gasteiger partial charge in [0.1, 0.15) is 0 Å². The van der Waals surface area contributed by atoms with Crippen LogP contribution in [0.3, 0.4) is 0 Å². The van der Waals surface area contributed by atoms with Crippen LogP contribution in [0, 0.1) is 0 Å². The summed E-state index contributed by atoms with van der Waals surface area (Å²) in [4.78, 5) is 21.0. The standard InChI is InChI=1S/C10H7ClO4/c11-7-2-3-8(10(14)15)6(5-7)1-4-9(12)13/h1-5H,(H,12,13)(H,14,15). The first-order chi connectivity index (χ1) is 7.00. The summed E-state index contributed by atoms with van der Waals surface area (Å²) in [5.74, 6) is -2.27. The number of carboxylic acids is 2. The van der Waals surface area contributed by atoms with Crippen molar-refractivity contribution in [3.05, 3.63) is 40.4 Å². The van der Waals surface area contributed by atoms with E-state index in [0.717, 1.165) is 6.08 Å². The fourth-order valence-corrected chi connectivity index (χ4v) is 1.21. The molecule has 0 spiro atoms. The fraction of sp³-hybridized carbons (Fsp3) is 0. The molecular weight excluding hydrogens is 220 g/mol. The van der Waals surface area contributed by atoms with Gasteiger partial charge in [0, 0.05) is 11.1 Å². The summed E-state index contributed by atoms with van der Waals surface area (Å²) in [5.41, 5.74) is 0.273. The molecule has 0 bridgehead atoms. The zero-order valence-electron chi connectivity index (χ0n) is 7.48. The highest BCUT2D eigenvalue weighted by Crippen LogP contribution is 2.17. The van der Waals surface area contributed by atoms with E-state index in [2.05, 4.69) is 0 Å². The average Bonchev–Trinajstić information content (AvgIpc) is 2.14. The predicted octanol–water partition coefficient (Wildman–Crippen LogP) is 2.14. The van der Waals surface area contributed by atoms with E-state index in [9.17, 15) is 9.59 Å². The third-order valence-electron chi connectivity index (χ3n) is 1.65. The molecule has 0 heterocycles. The van der Waals surface area contributed by atoms with Gasteiger partial charge < -0.3 is 10.2 Å². The van der Waals surface area contributed by atoms with E-state index in [-0.39, 0.29) is 11.1 Å². The summed E-state index contributed by atoms with van der Waals surface area (Å²) in [6.45, 7) is 0. The highest BCUT2D eigenvalue weighted by atomic mass is 35.5. The summed E-state index contributed by atoms with van der Waals surface area (Å²) < 4.78 is 0. The second-order valence-corrected chi connectivity index (χ2v) is 3.14. The van der Waals surface area contributed by atoms with Crippen molar-refractivity contribution in [3.63, 3.8) is 0 Å². The minimum Gasteiger partial charge on any atom is -0.478 e. The van der Waals surface area contributed by atoms with Gasteiger partial charge in [0.05, 0.1) is 5.56 Å². The third-order valence-corrected chi connectivity index (χ3v) is 1.88. The maximum atomic E-state index is 10.8. The van der Waals surface area contributed by atoms with Crippen molar-refractivity contribution in [1.29, 1.82) is 0 Å². The van der Waals surface area contributed by atoms with Crippen LogP contribution in [0.15, 0.2) is 24.3 Å². The normalized spacial score (nSPS) is 10.5. The molecule has 4 nitrogen and oxygen atoms in total. The first kappa shape index (κ1) is 11.3. The van der Waals surface area contributed by atoms with Gasteiger partial charge in [-0.05, 0) is 29.8 Å². The van der Waals surface area contributed by atoms with Crippen molar-refractivity contribution in [2.75, 3.05) is 0 Å². The number of aliphatic carboxylic acids is 1. The lowest BCUT2D eigenvalue weighted by molar-refractivity contribution is -0.131. The molecule has 15 heavy (non-hydrogen) atoms. The highest BCUT2D eigenvalue weighted by Gasteiger charge is 2.08. The van der Waals surface area contributed by atoms with Crippen LogP contribution in [0.5, 0.6) is 0 Å². The van der Waals surface area contributed by atoms with E-state index >= 15 is 0 Å². The maximum absolute atomic E-state index is 10.8. The van der Waals surface area contributed by atoms with Crippen LogP contribution in [-0.4, -0.2) is 22.2 Å². The van der Waals surface area contributed by atoms with E-state index in [1.807, 2.05) is 0 Å². The van der Waals surface area contributed by atoms with E-state index < -0.39 is 11.9 Å². The van der Waals surface area contributed by atoms with Gasteiger partial charge in [-0.15, -0.1) is 0 Å². The summed E-state index contributed by atoms with van der Waals surface area (Å²) >= 11 is 5.66. The zero-order valence-corrected chi connectivity index (χ0v) is 8.23. The number of benzene rings is 1. The van der Waals surface area contributed by atoms with Gasteiger partial charge >= 0.3 is 11.9 Å². The minimum atomic E-state index is -1.15. The van der Waals surface area contributed by atoms with Crippen LogP contribution in [0.25, 0.3) is 6.08 Å². The molecule has 0 unspecified atom stereocenters. The average molecular weight is 227 g/mol. The van der Waals surface area contributed by atoms with Gasteiger partial charge in [-0.2, -0.15) is 0 Å². The SMILES string of the molecule is O=C(O)C=Cc1cc(Cl)ccc1C(=O)O. The molecular formula is C10H7ClO4. The Balaban J connectivity index is 3.18. The summed E-state index contributed by atoms with van der Waals surface area (Å²) in [5, 5.41) is 17.6. The summed E-state index contributed by atoms with van der Waals surface area (Å²) in [6.07, 6.45) is 2.05. The monoisotopic (exact) mass is 226 g/mol. The van der Waals surface area contributed by atoms with Crippen molar-refractivity contribution in [1.82, 2.24) is 0 Å². The maximum Gasteiger partial charge on any atom is 0.336 e. The number of halogens is 1. The highest BCUT2D eigenvalue weighted by molar-refractivity contribution is 6.30. The van der Waals surface area contributed by atoms with Crippen LogP contribution >= 0.6 is 11.6 Å². The Bertz CT molecular complexity index is 437. The van der Waals surface area contributed by atoms with Gasteiger partial charge in [-0.3, -0.25) is 0 Å². The molecule has 1 aromatic rings. The number of rotatable bonds is 3. The van der Waals surface area contributed by atoms with Crippen molar-refractivity contribution >= 4 is 29.6 Å². The van der Waals surface area contributed by atoms with Crippen LogP contribution in [0.4, 0.5) is 0 Å². The molecule has 0 fully saturated rings. The van der Waals surface area contributed by atoms with E-state index in [4.69, 9.17) is 21.8 Å². The number of carbonyl (C=O) groups is 2. The lowest BCUT2D eigenvalue weighted by Gasteiger charge is -2.00. The second kappa shape index (κ2) is 4.61. The topological polar surface area (TPSA) is 74.6 Å². The zero-order chi connectivity index (χ0) is 11.4. The van der Waals surface area contributed by atoms with Crippen molar-refractivity contribution in [3.8, 4) is 0 Å². The molecule has 0 radical (unpaired) electrons. The van der Waals surface area contributed by atoms with Gasteiger partial charge in [-0.25, -0.2) is 9.59 Å². The molecule has 0 aliphatic rings. The van der Waals surface area contributed by atoms with Crippen molar-refractivity contribution in [2.45, 2.75) is 0 Å². The van der Waals surface area contributed by atoms with Crippen LogP contribution < -0.4 is 0 Å². The van der Waals surface area contributed by atoms with Gasteiger partial charge in [-0.1, -0.05) is 11.6 Å². The molecule has 0 saturated carbocycles. The lowest BCUT2D eigenvalue weighted by Crippen LogP contribution is -1.99. The van der Waals surface area contributed by atoms with E-state index in [1.54, 1.807) is 0 Å². The largest absolute Gasteiger partial charge is 0.478 e. The number of carboxylic acid groups (broad SMARTS) is 2. The molecule has 0 amide bonds. The Morgan fingerprint density at radius 2 is 1.93 bits per heavy atom. The number of hydrogen-bond acceptors (Lipinski definition) is 2. The van der Waals surface area contributed by atoms with E-state index in [1.165, 1.54) is 24.3 Å². The molecule has 1 aromatic carbocycles. The molecule has 0 aliphatic heterocycles. The Hall–Kier alpha value is -1.81. The van der Waals surface area contributed by atoms with Crippen molar-refractivity contribution < 1.29 is 19.8 Å². The molecule has 1 rings (SSSR count). The summed E-state index contributed by atoms with van der Waals surface area (Å²) in [6, 6.07) is 4.15. The molecule has 0 aliphatic carbocycles. The predicted molar refractivity (Wildman–Crippen MR) is 55.1 cm³/mol. The molecule has 5 heteroatoms. The molecule has 0 atom stereocenters. The van der Waals surface area contributed by atoms with Crippen LogP contribution in [-0.2, 0) is 4.79 Å². The molecule has 0 saturated heterocycles. The minimum absolute atomic E-state index is 0.0110. The van der Waals surface area contributed by atoms with Gasteiger partial charge in [0.2, 0.25) is 0 Å². The Kier molecular flexibility index (Phi) is 3.46. The molecule has 0 aromatic heterocycles. The van der Waals surface area contributed by atoms with Gasteiger partial charge in [0.15, 0.2) is 0 Å². The van der Waals surface area contributed by atoms with Crippen LogP contribution in [0.1, 0.15) is 15.9 Å². The Morgan fingerprint density at radius 3 is 2.47 bits per heavy atom. The smallest absolute Gasteiger partial charge is 0.336 e. The molecule has 78 valence electrons. The summed E-state index contributed by atoms with van der Waals surface area (Å²) in [7, 11) is 0. The number of hydrogen-bond donors (Lipinski definition) is 2. The first-order valence-electron chi connectivity index (χ1n) is 3.94. The second-order valence-electron chi connectivity index (χ2n) is 2.71. The van der Waals surface area contributed by atoms with Crippen LogP contribution in [0.2, 0.25) is 5.02 Å².